The van der Waals surface area contributed by atoms with Crippen LogP contribution in [0.5, 0.6) is 5.88 Å². The number of aliphatic hydroxyl groups excluding tert-OH is 1. The molecule has 1 unspecified atom stereocenters. The van der Waals surface area contributed by atoms with Gasteiger partial charge in [-0.15, -0.1) is 0 Å². The maximum atomic E-state index is 10.3. The van der Waals surface area contributed by atoms with Crippen molar-refractivity contribution in [3.63, 3.8) is 0 Å². The normalized spacial score (nSPS) is 12.4. The van der Waals surface area contributed by atoms with E-state index in [2.05, 4.69) is 21.5 Å². The van der Waals surface area contributed by atoms with Crippen LogP contribution in [-0.4, -0.2) is 26.8 Å². The Kier molecular flexibility index (Phi) is 4.52. The highest BCUT2D eigenvalue weighted by atomic mass is 16.5. The largest absolute Gasteiger partial charge is 0.481 e. The monoisotopic (exact) mass is 261 g/mol. The molecule has 19 heavy (non-hydrogen) atoms. The van der Waals surface area contributed by atoms with Gasteiger partial charge >= 0.3 is 0 Å². The summed E-state index contributed by atoms with van der Waals surface area (Å²) in [7, 11) is 1.55. The number of ether oxygens (including phenoxy) is 1. The van der Waals surface area contributed by atoms with E-state index in [1.165, 1.54) is 0 Å². The fraction of sp³-hybridized carbons (Fsp3) is 0.429. The molecule has 2 rings (SSSR count). The fourth-order valence-corrected chi connectivity index (χ4v) is 2.08. The molecule has 0 saturated heterocycles. The number of aryl methyl sites for hydroxylation is 1. The average Bonchev–Trinajstić information content (AvgIpc) is 2.86. The van der Waals surface area contributed by atoms with E-state index in [1.807, 2.05) is 12.3 Å². The van der Waals surface area contributed by atoms with Gasteiger partial charge in [0.25, 0.3) is 0 Å². The Morgan fingerprint density at radius 3 is 2.95 bits per heavy atom. The maximum Gasteiger partial charge on any atom is 0.218 e. The van der Waals surface area contributed by atoms with Gasteiger partial charge in [0.15, 0.2) is 0 Å². The van der Waals surface area contributed by atoms with Crippen molar-refractivity contribution in [3.05, 3.63) is 42.1 Å². The van der Waals surface area contributed by atoms with Crippen molar-refractivity contribution < 1.29 is 9.84 Å². The summed E-state index contributed by atoms with van der Waals surface area (Å²) < 4.78 is 7.23. The zero-order chi connectivity index (χ0) is 13.7. The lowest BCUT2D eigenvalue weighted by atomic mass is 10.1. The Morgan fingerprint density at radius 1 is 1.37 bits per heavy atom. The molecule has 0 radical (unpaired) electrons. The van der Waals surface area contributed by atoms with Gasteiger partial charge in [-0.05, 0) is 18.6 Å². The van der Waals surface area contributed by atoms with Crippen LogP contribution in [-0.2, 0) is 13.0 Å². The van der Waals surface area contributed by atoms with Crippen LogP contribution in [0.15, 0.2) is 30.7 Å². The summed E-state index contributed by atoms with van der Waals surface area (Å²) in [6, 6.07) is 3.61. The van der Waals surface area contributed by atoms with Crippen LogP contribution in [0.1, 0.15) is 30.8 Å². The van der Waals surface area contributed by atoms with E-state index in [9.17, 15) is 5.11 Å². The Labute approximate surface area is 112 Å². The lowest BCUT2D eigenvalue weighted by Gasteiger charge is -2.14. The smallest absolute Gasteiger partial charge is 0.218 e. The van der Waals surface area contributed by atoms with Gasteiger partial charge in [-0.3, -0.25) is 0 Å². The highest BCUT2D eigenvalue weighted by Gasteiger charge is 2.16. The van der Waals surface area contributed by atoms with E-state index in [0.717, 1.165) is 18.8 Å². The summed E-state index contributed by atoms with van der Waals surface area (Å²) in [5.74, 6) is 1.34. The first-order chi connectivity index (χ1) is 9.26. The Morgan fingerprint density at radius 2 is 2.21 bits per heavy atom. The van der Waals surface area contributed by atoms with Crippen LogP contribution < -0.4 is 4.74 Å². The number of hydrogen-bond acceptors (Lipinski definition) is 4. The van der Waals surface area contributed by atoms with Crippen LogP contribution in [0.4, 0.5) is 0 Å². The van der Waals surface area contributed by atoms with E-state index < -0.39 is 6.10 Å². The van der Waals surface area contributed by atoms with E-state index >= 15 is 0 Å². The molecule has 102 valence electrons. The van der Waals surface area contributed by atoms with E-state index in [1.54, 1.807) is 25.6 Å². The van der Waals surface area contributed by atoms with E-state index in [-0.39, 0.29) is 0 Å². The molecule has 5 nitrogen and oxygen atoms in total. The predicted molar refractivity (Wildman–Crippen MR) is 72.0 cm³/mol. The molecule has 0 amide bonds. The second kappa shape index (κ2) is 6.33. The molecule has 2 aromatic heterocycles. The first-order valence-electron chi connectivity index (χ1n) is 6.43. The third-order valence-electron chi connectivity index (χ3n) is 3.00. The molecule has 2 heterocycles. The number of aromatic nitrogens is 3. The topological polar surface area (TPSA) is 60.2 Å². The molecule has 2 aromatic rings. The van der Waals surface area contributed by atoms with Crippen LogP contribution in [0.25, 0.3) is 0 Å². The summed E-state index contributed by atoms with van der Waals surface area (Å²) in [6.07, 6.45) is 6.17. The number of aliphatic hydroxyl groups is 1. The second-order valence-electron chi connectivity index (χ2n) is 4.36. The highest BCUT2D eigenvalue weighted by Crippen LogP contribution is 2.24. The quantitative estimate of drug-likeness (QED) is 0.863. The van der Waals surface area contributed by atoms with Crippen LogP contribution >= 0.6 is 0 Å². The molecule has 0 aliphatic rings. The molecular formula is C14H19N3O2. The van der Waals surface area contributed by atoms with Crippen molar-refractivity contribution in [2.24, 2.45) is 0 Å². The summed E-state index contributed by atoms with van der Waals surface area (Å²) >= 11 is 0. The van der Waals surface area contributed by atoms with Crippen LogP contribution in [0, 0.1) is 0 Å². The third-order valence-corrected chi connectivity index (χ3v) is 3.00. The Balaban J connectivity index is 2.16. The number of rotatable bonds is 6. The van der Waals surface area contributed by atoms with Gasteiger partial charge in [-0.1, -0.05) is 6.92 Å². The van der Waals surface area contributed by atoms with Gasteiger partial charge in [-0.2, -0.15) is 0 Å². The zero-order valence-corrected chi connectivity index (χ0v) is 11.3. The molecule has 0 aromatic carbocycles. The van der Waals surface area contributed by atoms with Crippen molar-refractivity contribution in [1.29, 1.82) is 0 Å². The minimum absolute atomic E-state index is 0.453. The number of nitrogens with zero attached hydrogens (tertiary/aromatic N) is 3. The number of hydrogen-bond donors (Lipinski definition) is 1. The van der Waals surface area contributed by atoms with Gasteiger partial charge in [0.05, 0.1) is 13.2 Å². The lowest BCUT2D eigenvalue weighted by Crippen LogP contribution is -2.10. The summed E-state index contributed by atoms with van der Waals surface area (Å²) in [5.41, 5.74) is 0.691. The van der Waals surface area contributed by atoms with Crippen molar-refractivity contribution in [1.82, 2.24) is 14.5 Å². The molecule has 0 saturated carbocycles. The van der Waals surface area contributed by atoms with Crippen molar-refractivity contribution in [2.75, 3.05) is 7.11 Å². The SMILES string of the molecule is CCCn1ccnc1CC(O)c1cccnc1OC. The maximum absolute atomic E-state index is 10.3. The summed E-state index contributed by atoms with van der Waals surface area (Å²) in [4.78, 5) is 8.39. The van der Waals surface area contributed by atoms with E-state index in [4.69, 9.17) is 4.74 Å². The van der Waals surface area contributed by atoms with Gasteiger partial charge in [0.1, 0.15) is 5.82 Å². The third kappa shape index (κ3) is 3.12. The number of pyridine rings is 1. The molecule has 5 heteroatoms. The van der Waals surface area contributed by atoms with Crippen LogP contribution in [0.3, 0.4) is 0 Å². The first kappa shape index (κ1) is 13.5. The number of methoxy groups -OCH3 is 1. The molecule has 0 fully saturated rings. The van der Waals surface area contributed by atoms with Crippen molar-refractivity contribution in [3.8, 4) is 5.88 Å². The molecule has 0 aliphatic carbocycles. The molecule has 0 bridgehead atoms. The molecule has 0 aliphatic heterocycles. The van der Waals surface area contributed by atoms with Gasteiger partial charge in [0.2, 0.25) is 5.88 Å². The Hall–Kier alpha value is -1.88. The molecular weight excluding hydrogens is 242 g/mol. The van der Waals surface area contributed by atoms with Gasteiger partial charge in [0, 0.05) is 37.1 Å². The standard InChI is InChI=1S/C14H19N3O2/c1-3-8-17-9-7-15-13(17)10-12(18)11-5-4-6-16-14(11)19-2/h4-7,9,12,18H,3,8,10H2,1-2H3. The summed E-state index contributed by atoms with van der Waals surface area (Å²) in [5, 5.41) is 10.3. The van der Waals surface area contributed by atoms with Crippen molar-refractivity contribution >= 4 is 0 Å². The number of imidazole rings is 1. The average molecular weight is 261 g/mol. The Bertz CT molecular complexity index is 525. The highest BCUT2D eigenvalue weighted by molar-refractivity contribution is 5.28. The minimum Gasteiger partial charge on any atom is -0.481 e. The molecule has 1 N–H and O–H groups in total. The van der Waals surface area contributed by atoms with E-state index in [0.29, 0.717) is 17.9 Å². The predicted octanol–water partition coefficient (Wildman–Crippen LogP) is 1.97. The lowest BCUT2D eigenvalue weighted by molar-refractivity contribution is 0.169. The zero-order valence-electron chi connectivity index (χ0n) is 11.3. The fourth-order valence-electron chi connectivity index (χ4n) is 2.08. The van der Waals surface area contributed by atoms with Gasteiger partial charge < -0.3 is 14.4 Å². The van der Waals surface area contributed by atoms with Gasteiger partial charge in [-0.25, -0.2) is 9.97 Å². The van der Waals surface area contributed by atoms with Crippen LogP contribution in [0.2, 0.25) is 0 Å². The first-order valence-corrected chi connectivity index (χ1v) is 6.43. The second-order valence-corrected chi connectivity index (χ2v) is 4.36. The van der Waals surface area contributed by atoms with Crippen molar-refractivity contribution in [2.45, 2.75) is 32.4 Å². The molecule has 0 spiro atoms. The summed E-state index contributed by atoms with van der Waals surface area (Å²) in [6.45, 7) is 3.02. The minimum atomic E-state index is -0.665. The molecule has 1 atom stereocenters.